The molecule has 2 aliphatic rings. The van der Waals surface area contributed by atoms with Crippen LogP contribution < -0.4 is 5.32 Å². The second-order valence-electron chi connectivity index (χ2n) is 7.53. The highest BCUT2D eigenvalue weighted by Gasteiger charge is 2.36. The van der Waals surface area contributed by atoms with Gasteiger partial charge < -0.3 is 10.2 Å². The Morgan fingerprint density at radius 1 is 1.07 bits per heavy atom. The van der Waals surface area contributed by atoms with Crippen molar-refractivity contribution in [3.63, 3.8) is 0 Å². The van der Waals surface area contributed by atoms with Gasteiger partial charge in [0, 0.05) is 21.6 Å². The van der Waals surface area contributed by atoms with Gasteiger partial charge >= 0.3 is 0 Å². The zero-order valence-electron chi connectivity index (χ0n) is 15.5. The minimum Gasteiger partial charge on any atom is -0.324 e. The predicted molar refractivity (Wildman–Crippen MR) is 109 cm³/mol. The van der Waals surface area contributed by atoms with Gasteiger partial charge in [-0.3, -0.25) is 9.59 Å². The van der Waals surface area contributed by atoms with Gasteiger partial charge in [-0.15, -0.1) is 0 Å². The highest BCUT2D eigenvalue weighted by molar-refractivity contribution is 9.10. The van der Waals surface area contributed by atoms with Gasteiger partial charge in [0.05, 0.1) is 6.04 Å². The van der Waals surface area contributed by atoms with E-state index in [2.05, 4.69) is 21.2 Å². The van der Waals surface area contributed by atoms with E-state index in [-0.39, 0.29) is 30.1 Å². The first-order chi connectivity index (χ1) is 13.5. The van der Waals surface area contributed by atoms with Gasteiger partial charge in [-0.05, 0) is 48.7 Å². The summed E-state index contributed by atoms with van der Waals surface area (Å²) >= 11 is 3.50. The molecule has 1 N–H and O–H groups in total. The Morgan fingerprint density at radius 3 is 2.50 bits per heavy atom. The number of nitrogens with zero attached hydrogens (tertiary/aromatic N) is 1. The Labute approximate surface area is 172 Å². The quantitative estimate of drug-likeness (QED) is 0.705. The minimum atomic E-state index is -0.443. The van der Waals surface area contributed by atoms with Gasteiger partial charge in [0.25, 0.3) is 0 Å². The molecule has 1 aliphatic carbocycles. The molecule has 0 radical (unpaired) electrons. The van der Waals surface area contributed by atoms with Crippen LogP contribution in [0.4, 0.5) is 10.1 Å². The van der Waals surface area contributed by atoms with E-state index in [4.69, 9.17) is 0 Å². The van der Waals surface area contributed by atoms with E-state index in [0.717, 1.165) is 47.7 Å². The summed E-state index contributed by atoms with van der Waals surface area (Å²) in [6.07, 6.45) is 4.96. The van der Waals surface area contributed by atoms with Gasteiger partial charge in [0.1, 0.15) is 12.4 Å². The summed E-state index contributed by atoms with van der Waals surface area (Å²) in [5.74, 6) is -0.584. The summed E-state index contributed by atoms with van der Waals surface area (Å²) in [5.41, 5.74) is 2.30. The molecule has 1 saturated carbocycles. The largest absolute Gasteiger partial charge is 0.324 e. The first kappa shape index (κ1) is 19.1. The number of rotatable bonds is 2. The fourth-order valence-electron chi connectivity index (χ4n) is 4.27. The maximum Gasteiger partial charge on any atom is 0.244 e. The minimum absolute atomic E-state index is 0.0102. The van der Waals surface area contributed by atoms with Crippen LogP contribution in [0.3, 0.4) is 0 Å². The molecular weight excluding hydrogens is 423 g/mol. The van der Waals surface area contributed by atoms with E-state index in [0.29, 0.717) is 5.69 Å². The van der Waals surface area contributed by atoms with Crippen molar-refractivity contribution in [3.8, 4) is 0 Å². The van der Waals surface area contributed by atoms with Crippen LogP contribution in [0, 0.1) is 11.7 Å². The first-order valence-corrected chi connectivity index (χ1v) is 10.5. The Balaban J connectivity index is 1.82. The van der Waals surface area contributed by atoms with Crippen LogP contribution in [0.1, 0.15) is 49.3 Å². The molecule has 1 unspecified atom stereocenters. The topological polar surface area (TPSA) is 49.4 Å². The molecule has 0 bridgehead atoms. The van der Waals surface area contributed by atoms with Crippen molar-refractivity contribution in [1.29, 1.82) is 0 Å². The predicted octanol–water partition coefficient (Wildman–Crippen LogP) is 5.04. The molecule has 0 spiro atoms. The lowest BCUT2D eigenvalue weighted by Crippen LogP contribution is -2.42. The zero-order valence-corrected chi connectivity index (χ0v) is 17.0. The summed E-state index contributed by atoms with van der Waals surface area (Å²) in [5, 5.41) is 2.92. The number of nitrogens with one attached hydrogen (secondary N) is 1. The molecule has 2 aromatic carbocycles. The normalized spacial score (nSPS) is 20.3. The summed E-state index contributed by atoms with van der Waals surface area (Å²) in [6, 6.07) is 11.4. The van der Waals surface area contributed by atoms with Crippen molar-refractivity contribution in [3.05, 3.63) is 63.9 Å². The Morgan fingerprint density at radius 2 is 1.79 bits per heavy atom. The van der Waals surface area contributed by atoms with Crippen LogP contribution >= 0.6 is 15.9 Å². The summed E-state index contributed by atoms with van der Waals surface area (Å²) in [6.45, 7) is -0.0102. The third-order valence-electron chi connectivity index (χ3n) is 5.63. The van der Waals surface area contributed by atoms with Crippen molar-refractivity contribution >= 4 is 33.4 Å². The molecule has 146 valence electrons. The van der Waals surface area contributed by atoms with E-state index in [1.54, 1.807) is 17.0 Å². The van der Waals surface area contributed by atoms with Gasteiger partial charge in [-0.25, -0.2) is 4.39 Å². The molecule has 4 rings (SSSR count). The number of fused-ring (bicyclic) bond motifs is 1. The van der Waals surface area contributed by atoms with E-state index < -0.39 is 6.04 Å². The molecule has 28 heavy (non-hydrogen) atoms. The number of anilines is 1. The highest BCUT2D eigenvalue weighted by Crippen LogP contribution is 2.39. The van der Waals surface area contributed by atoms with E-state index in [9.17, 15) is 14.0 Å². The number of amides is 2. The standard InChI is InChI=1S/C22H22BrFN2O2/c23-16-8-11-19-18(12-16)21(14-6-9-17(24)10-7-14)26(13-20(27)25-19)22(28)15-4-2-1-3-5-15/h6-12,15,21H,1-5,13H2,(H,25,27). The first-order valence-electron chi connectivity index (χ1n) is 9.68. The SMILES string of the molecule is O=C1CN(C(=O)C2CCCCC2)C(c2ccc(F)cc2)c2cc(Br)ccc2N1. The average Bonchev–Trinajstić information content (AvgIpc) is 2.84. The van der Waals surface area contributed by atoms with Crippen LogP contribution in [-0.4, -0.2) is 23.3 Å². The fourth-order valence-corrected chi connectivity index (χ4v) is 4.65. The van der Waals surface area contributed by atoms with Gasteiger partial charge in [-0.2, -0.15) is 0 Å². The third-order valence-corrected chi connectivity index (χ3v) is 6.12. The van der Waals surface area contributed by atoms with Gasteiger partial charge in [-0.1, -0.05) is 47.3 Å². The van der Waals surface area contributed by atoms with Crippen LogP contribution in [-0.2, 0) is 9.59 Å². The molecule has 0 saturated heterocycles. The monoisotopic (exact) mass is 444 g/mol. The molecule has 0 aromatic heterocycles. The Hall–Kier alpha value is -2.21. The Kier molecular flexibility index (Phi) is 5.49. The molecule has 2 amide bonds. The Bertz CT molecular complexity index is 894. The molecule has 1 atom stereocenters. The smallest absolute Gasteiger partial charge is 0.244 e. The average molecular weight is 445 g/mol. The molecule has 2 aromatic rings. The number of hydrogen-bond donors (Lipinski definition) is 1. The van der Waals surface area contributed by atoms with Crippen molar-refractivity contribution in [1.82, 2.24) is 4.90 Å². The lowest BCUT2D eigenvalue weighted by molar-refractivity contribution is -0.140. The van der Waals surface area contributed by atoms with Crippen LogP contribution in [0.15, 0.2) is 46.9 Å². The van der Waals surface area contributed by atoms with Crippen molar-refractivity contribution < 1.29 is 14.0 Å². The van der Waals surface area contributed by atoms with Crippen molar-refractivity contribution in [2.45, 2.75) is 38.1 Å². The maximum atomic E-state index is 13.5. The summed E-state index contributed by atoms with van der Waals surface area (Å²) in [7, 11) is 0. The number of benzene rings is 2. The number of halogens is 2. The zero-order chi connectivity index (χ0) is 19.7. The number of carbonyl (C=O) groups excluding carboxylic acids is 2. The summed E-state index contributed by atoms with van der Waals surface area (Å²) < 4.78 is 14.4. The fraction of sp³-hybridized carbons (Fsp3) is 0.364. The van der Waals surface area contributed by atoms with Crippen LogP contribution in [0.25, 0.3) is 0 Å². The van der Waals surface area contributed by atoms with Crippen molar-refractivity contribution in [2.75, 3.05) is 11.9 Å². The second-order valence-corrected chi connectivity index (χ2v) is 8.45. The molecule has 1 fully saturated rings. The maximum absolute atomic E-state index is 13.5. The van der Waals surface area contributed by atoms with E-state index in [1.807, 2.05) is 18.2 Å². The molecule has 4 nitrogen and oxygen atoms in total. The van der Waals surface area contributed by atoms with Crippen LogP contribution in [0.2, 0.25) is 0 Å². The molecule has 1 aliphatic heterocycles. The molecule has 1 heterocycles. The van der Waals surface area contributed by atoms with Gasteiger partial charge in [0.2, 0.25) is 11.8 Å². The number of carbonyl (C=O) groups is 2. The lowest BCUT2D eigenvalue weighted by Gasteiger charge is -2.34. The molecular formula is C22H22BrFN2O2. The number of hydrogen-bond acceptors (Lipinski definition) is 2. The highest BCUT2D eigenvalue weighted by atomic mass is 79.9. The molecule has 6 heteroatoms. The van der Waals surface area contributed by atoms with Crippen LogP contribution in [0.5, 0.6) is 0 Å². The lowest BCUT2D eigenvalue weighted by atomic mass is 9.87. The van der Waals surface area contributed by atoms with Gasteiger partial charge in [0.15, 0.2) is 0 Å². The van der Waals surface area contributed by atoms with E-state index in [1.165, 1.54) is 12.1 Å². The third kappa shape index (κ3) is 3.83. The second kappa shape index (κ2) is 8.03. The van der Waals surface area contributed by atoms with Crippen molar-refractivity contribution in [2.24, 2.45) is 5.92 Å². The summed E-state index contributed by atoms with van der Waals surface area (Å²) in [4.78, 5) is 27.7. The van der Waals surface area contributed by atoms with E-state index >= 15 is 0 Å².